The summed E-state index contributed by atoms with van der Waals surface area (Å²) >= 11 is 6.37. The maximum atomic E-state index is 12.6. The summed E-state index contributed by atoms with van der Waals surface area (Å²) < 4.78 is 2.85. The SMILES string of the molecule is Cc1nn(CC(C)C)c(Cl)c1/C=N\NC(=O)c1nn(C)c(=O)c2ccccc12. The Morgan fingerprint density at radius 3 is 2.64 bits per heavy atom. The minimum atomic E-state index is -0.522. The largest absolute Gasteiger partial charge is 0.292 e. The molecule has 0 aliphatic carbocycles. The lowest BCUT2D eigenvalue weighted by Crippen LogP contribution is -2.27. The first kappa shape index (κ1) is 19.8. The van der Waals surface area contributed by atoms with Crippen LogP contribution >= 0.6 is 11.6 Å². The molecule has 3 rings (SSSR count). The minimum Gasteiger partial charge on any atom is -0.267 e. The summed E-state index contributed by atoms with van der Waals surface area (Å²) in [6.07, 6.45) is 1.46. The zero-order valence-corrected chi connectivity index (χ0v) is 16.9. The van der Waals surface area contributed by atoms with Crippen LogP contribution in [-0.2, 0) is 13.6 Å². The van der Waals surface area contributed by atoms with E-state index in [1.54, 1.807) is 28.9 Å². The summed E-state index contributed by atoms with van der Waals surface area (Å²) in [4.78, 5) is 24.7. The number of amides is 1. The molecule has 1 N–H and O–H groups in total. The van der Waals surface area contributed by atoms with E-state index >= 15 is 0 Å². The predicted molar refractivity (Wildman–Crippen MR) is 109 cm³/mol. The van der Waals surface area contributed by atoms with Crippen LogP contribution in [0.2, 0.25) is 5.15 Å². The molecule has 0 spiro atoms. The highest BCUT2D eigenvalue weighted by Crippen LogP contribution is 2.19. The van der Waals surface area contributed by atoms with Crippen molar-refractivity contribution in [1.29, 1.82) is 0 Å². The molecule has 0 saturated heterocycles. The minimum absolute atomic E-state index is 0.119. The smallest absolute Gasteiger partial charge is 0.267 e. The summed E-state index contributed by atoms with van der Waals surface area (Å²) in [6.45, 7) is 6.67. The monoisotopic (exact) mass is 400 g/mol. The number of carbonyl (C=O) groups excluding carboxylic acids is 1. The first-order valence-electron chi connectivity index (χ1n) is 8.82. The van der Waals surface area contributed by atoms with Crippen molar-refractivity contribution in [2.24, 2.45) is 18.1 Å². The van der Waals surface area contributed by atoms with Gasteiger partial charge in [-0.25, -0.2) is 10.1 Å². The lowest BCUT2D eigenvalue weighted by molar-refractivity contribution is 0.0950. The van der Waals surface area contributed by atoms with Crippen LogP contribution in [0.5, 0.6) is 0 Å². The first-order valence-corrected chi connectivity index (χ1v) is 9.19. The maximum Gasteiger partial charge on any atom is 0.292 e. The molecule has 1 aromatic carbocycles. The fourth-order valence-corrected chi connectivity index (χ4v) is 3.15. The summed E-state index contributed by atoms with van der Waals surface area (Å²) in [6, 6.07) is 6.82. The highest BCUT2D eigenvalue weighted by Gasteiger charge is 2.16. The van der Waals surface area contributed by atoms with E-state index in [-0.39, 0.29) is 11.3 Å². The van der Waals surface area contributed by atoms with Gasteiger partial charge in [0.1, 0.15) is 5.15 Å². The first-order chi connectivity index (χ1) is 13.3. The van der Waals surface area contributed by atoms with Crippen LogP contribution in [0.4, 0.5) is 0 Å². The van der Waals surface area contributed by atoms with E-state index in [2.05, 4.69) is 34.6 Å². The molecular weight excluding hydrogens is 380 g/mol. The molecule has 0 bridgehead atoms. The number of aromatic nitrogens is 4. The number of benzene rings is 1. The van der Waals surface area contributed by atoms with Gasteiger partial charge in [0.15, 0.2) is 5.69 Å². The molecule has 2 aromatic heterocycles. The van der Waals surface area contributed by atoms with Gasteiger partial charge in [-0.2, -0.15) is 15.3 Å². The van der Waals surface area contributed by atoms with Gasteiger partial charge in [-0.05, 0) is 18.9 Å². The Labute approximate surface area is 166 Å². The molecule has 0 radical (unpaired) electrons. The van der Waals surface area contributed by atoms with E-state index in [4.69, 9.17) is 11.6 Å². The zero-order chi connectivity index (χ0) is 20.4. The summed E-state index contributed by atoms with van der Waals surface area (Å²) in [5.41, 5.74) is 3.66. The van der Waals surface area contributed by atoms with Gasteiger partial charge in [0.05, 0.1) is 22.9 Å². The second-order valence-electron chi connectivity index (χ2n) is 6.89. The predicted octanol–water partition coefficient (Wildman–Crippen LogP) is 2.51. The third-order valence-corrected chi connectivity index (χ3v) is 4.58. The number of halogens is 1. The fourth-order valence-electron chi connectivity index (χ4n) is 2.86. The Bertz CT molecular complexity index is 1130. The van der Waals surface area contributed by atoms with E-state index in [9.17, 15) is 9.59 Å². The molecule has 0 atom stereocenters. The highest BCUT2D eigenvalue weighted by molar-refractivity contribution is 6.32. The van der Waals surface area contributed by atoms with E-state index < -0.39 is 5.91 Å². The van der Waals surface area contributed by atoms with Crippen molar-refractivity contribution >= 4 is 34.5 Å². The molecule has 3 aromatic rings. The van der Waals surface area contributed by atoms with Gasteiger partial charge in [0.25, 0.3) is 11.5 Å². The van der Waals surface area contributed by atoms with Crippen LogP contribution in [0.25, 0.3) is 10.8 Å². The summed E-state index contributed by atoms with van der Waals surface area (Å²) in [7, 11) is 1.50. The average molecular weight is 401 g/mol. The van der Waals surface area contributed by atoms with Gasteiger partial charge in [-0.1, -0.05) is 43.6 Å². The lowest BCUT2D eigenvalue weighted by Gasteiger charge is -2.06. The highest BCUT2D eigenvalue weighted by atomic mass is 35.5. The molecule has 8 nitrogen and oxygen atoms in total. The normalized spacial score (nSPS) is 11.6. The van der Waals surface area contributed by atoms with Gasteiger partial charge >= 0.3 is 0 Å². The number of aryl methyl sites for hydroxylation is 2. The Kier molecular flexibility index (Phi) is 5.60. The molecule has 0 aliphatic heterocycles. The van der Waals surface area contributed by atoms with Gasteiger partial charge in [0.2, 0.25) is 0 Å². The maximum absolute atomic E-state index is 12.6. The molecule has 1 amide bonds. The summed E-state index contributed by atoms with van der Waals surface area (Å²) in [5.74, 6) is -0.128. The van der Waals surface area contributed by atoms with Crippen LogP contribution in [0, 0.1) is 12.8 Å². The number of hydrazone groups is 1. The molecular formula is C19H21ClN6O2. The third kappa shape index (κ3) is 3.82. The number of hydrogen-bond donors (Lipinski definition) is 1. The standard InChI is InChI=1S/C19H21ClN6O2/c1-11(2)10-26-17(20)15(12(3)23-26)9-21-22-18(27)16-13-7-5-6-8-14(13)19(28)25(4)24-16/h5-9,11H,10H2,1-4H3,(H,22,27)/b21-9-. The van der Waals surface area contributed by atoms with E-state index in [1.807, 2.05) is 6.92 Å². The number of carbonyl (C=O) groups is 1. The van der Waals surface area contributed by atoms with Gasteiger partial charge in [0, 0.05) is 19.0 Å². The summed E-state index contributed by atoms with van der Waals surface area (Å²) in [5, 5.41) is 13.8. The van der Waals surface area contributed by atoms with E-state index in [0.717, 1.165) is 4.68 Å². The van der Waals surface area contributed by atoms with Gasteiger partial charge in [-0.15, -0.1) is 0 Å². The Hall–Kier alpha value is -3.00. The van der Waals surface area contributed by atoms with Crippen molar-refractivity contribution in [2.45, 2.75) is 27.3 Å². The third-order valence-electron chi connectivity index (χ3n) is 4.18. The number of rotatable bonds is 5. The van der Waals surface area contributed by atoms with Crippen molar-refractivity contribution in [3.63, 3.8) is 0 Å². The number of nitrogens with one attached hydrogen (secondary N) is 1. The van der Waals surface area contributed by atoms with Crippen LogP contribution in [0.15, 0.2) is 34.2 Å². The molecule has 0 aliphatic rings. The van der Waals surface area contributed by atoms with Crippen LogP contribution in [0.1, 0.15) is 35.6 Å². The molecule has 28 heavy (non-hydrogen) atoms. The average Bonchev–Trinajstić information content (AvgIpc) is 2.91. The van der Waals surface area contributed by atoms with Crippen LogP contribution in [-0.4, -0.2) is 31.7 Å². The Morgan fingerprint density at radius 1 is 1.29 bits per heavy atom. The number of nitrogens with zero attached hydrogens (tertiary/aromatic N) is 5. The van der Waals surface area contributed by atoms with Crippen molar-refractivity contribution in [1.82, 2.24) is 25.0 Å². The molecule has 0 fully saturated rings. The molecule has 0 unspecified atom stereocenters. The second-order valence-corrected chi connectivity index (χ2v) is 7.25. The Morgan fingerprint density at radius 2 is 1.96 bits per heavy atom. The zero-order valence-electron chi connectivity index (χ0n) is 16.1. The van der Waals surface area contributed by atoms with Crippen molar-refractivity contribution in [3.05, 3.63) is 56.7 Å². The van der Waals surface area contributed by atoms with Crippen molar-refractivity contribution in [3.8, 4) is 0 Å². The molecule has 146 valence electrons. The number of hydrogen-bond acceptors (Lipinski definition) is 5. The van der Waals surface area contributed by atoms with Crippen molar-refractivity contribution < 1.29 is 4.79 Å². The lowest BCUT2D eigenvalue weighted by atomic mass is 10.1. The molecule has 0 saturated carbocycles. The van der Waals surface area contributed by atoms with Gasteiger partial charge < -0.3 is 0 Å². The molecule has 2 heterocycles. The topological polar surface area (TPSA) is 94.2 Å². The fraction of sp³-hybridized carbons (Fsp3) is 0.316. The second kappa shape index (κ2) is 7.93. The van der Waals surface area contributed by atoms with Crippen LogP contribution in [0.3, 0.4) is 0 Å². The van der Waals surface area contributed by atoms with Crippen LogP contribution < -0.4 is 11.0 Å². The van der Waals surface area contributed by atoms with Gasteiger partial charge in [-0.3, -0.25) is 14.3 Å². The van der Waals surface area contributed by atoms with E-state index in [0.29, 0.717) is 39.6 Å². The quantitative estimate of drug-likeness (QED) is 0.526. The molecule has 9 heteroatoms. The van der Waals surface area contributed by atoms with E-state index in [1.165, 1.54) is 13.3 Å². The Balaban J connectivity index is 1.86. The van der Waals surface area contributed by atoms with Crippen molar-refractivity contribution in [2.75, 3.05) is 0 Å². The number of fused-ring (bicyclic) bond motifs is 1.